The largest absolute Gasteiger partial charge is 0.472 e. The Morgan fingerprint density at radius 3 is 2.64 bits per heavy atom. The van der Waals surface area contributed by atoms with E-state index < -0.39 is 11.7 Å². The maximum absolute atomic E-state index is 12.5. The van der Waals surface area contributed by atoms with Gasteiger partial charge < -0.3 is 9.64 Å². The molecule has 1 saturated heterocycles. The van der Waals surface area contributed by atoms with E-state index in [-0.39, 0.29) is 12.0 Å². The van der Waals surface area contributed by atoms with Crippen molar-refractivity contribution in [3.8, 4) is 5.88 Å². The van der Waals surface area contributed by atoms with Crippen LogP contribution in [0.25, 0.3) is 0 Å². The normalized spacial score (nSPS) is 18.5. The van der Waals surface area contributed by atoms with E-state index in [4.69, 9.17) is 4.74 Å². The van der Waals surface area contributed by atoms with Crippen LogP contribution in [0.4, 0.5) is 19.0 Å². The highest BCUT2D eigenvalue weighted by molar-refractivity contribution is 5.37. The average molecular weight is 310 g/mol. The lowest BCUT2D eigenvalue weighted by Gasteiger charge is -2.17. The number of hydrogen-bond acceptors (Lipinski definition) is 5. The lowest BCUT2D eigenvalue weighted by molar-refractivity contribution is -0.137. The Labute approximate surface area is 124 Å². The molecule has 0 saturated carbocycles. The van der Waals surface area contributed by atoms with Crippen molar-refractivity contribution in [1.29, 1.82) is 0 Å². The fourth-order valence-corrected chi connectivity index (χ4v) is 2.28. The maximum Gasteiger partial charge on any atom is 0.417 e. The van der Waals surface area contributed by atoms with Gasteiger partial charge in [0.05, 0.1) is 18.3 Å². The summed E-state index contributed by atoms with van der Waals surface area (Å²) in [5.41, 5.74) is -0.785. The van der Waals surface area contributed by atoms with Gasteiger partial charge in [-0.2, -0.15) is 13.2 Å². The van der Waals surface area contributed by atoms with E-state index in [0.717, 1.165) is 31.0 Å². The molecule has 2 aromatic rings. The lowest BCUT2D eigenvalue weighted by Crippen LogP contribution is -2.25. The molecule has 1 unspecified atom stereocenters. The summed E-state index contributed by atoms with van der Waals surface area (Å²) in [5.74, 6) is 0.952. The molecule has 0 aliphatic carbocycles. The van der Waals surface area contributed by atoms with Crippen LogP contribution in [0.15, 0.2) is 36.9 Å². The van der Waals surface area contributed by atoms with Gasteiger partial charge in [0, 0.05) is 37.6 Å². The summed E-state index contributed by atoms with van der Waals surface area (Å²) in [6.07, 6.45) is 1.89. The van der Waals surface area contributed by atoms with Crippen molar-refractivity contribution in [2.45, 2.75) is 18.7 Å². The summed E-state index contributed by atoms with van der Waals surface area (Å²) in [6, 6.07) is 2.21. The number of aromatic nitrogens is 3. The van der Waals surface area contributed by atoms with Crippen molar-refractivity contribution in [2.75, 3.05) is 18.0 Å². The van der Waals surface area contributed by atoms with E-state index in [1.165, 1.54) is 6.07 Å². The van der Waals surface area contributed by atoms with E-state index in [1.807, 2.05) is 4.90 Å². The molecule has 1 fully saturated rings. The molecule has 1 aliphatic heterocycles. The van der Waals surface area contributed by atoms with Crippen LogP contribution in [0.1, 0.15) is 12.0 Å². The van der Waals surface area contributed by atoms with Crippen molar-refractivity contribution < 1.29 is 17.9 Å². The topological polar surface area (TPSA) is 51.1 Å². The molecule has 0 N–H and O–H groups in total. The highest BCUT2D eigenvalue weighted by Crippen LogP contribution is 2.29. The van der Waals surface area contributed by atoms with Gasteiger partial charge in [0.2, 0.25) is 5.88 Å². The van der Waals surface area contributed by atoms with Crippen molar-refractivity contribution in [1.82, 2.24) is 15.0 Å². The first-order valence-corrected chi connectivity index (χ1v) is 6.73. The molecule has 8 heteroatoms. The summed E-state index contributed by atoms with van der Waals surface area (Å²) in [7, 11) is 0. The number of anilines is 1. The Morgan fingerprint density at radius 2 is 2.00 bits per heavy atom. The second-order valence-electron chi connectivity index (χ2n) is 4.92. The molecule has 3 rings (SSSR count). The Balaban J connectivity index is 1.61. The van der Waals surface area contributed by atoms with Crippen molar-refractivity contribution in [2.24, 2.45) is 0 Å². The summed E-state index contributed by atoms with van der Waals surface area (Å²) < 4.78 is 43.0. The number of alkyl halides is 3. The summed E-state index contributed by atoms with van der Waals surface area (Å²) in [4.78, 5) is 13.9. The monoisotopic (exact) mass is 310 g/mol. The van der Waals surface area contributed by atoms with Crippen LogP contribution >= 0.6 is 0 Å². The molecule has 116 valence electrons. The van der Waals surface area contributed by atoms with E-state index in [2.05, 4.69) is 15.0 Å². The van der Waals surface area contributed by atoms with Crippen LogP contribution in [-0.2, 0) is 6.18 Å². The molecule has 5 nitrogen and oxygen atoms in total. The van der Waals surface area contributed by atoms with E-state index in [1.54, 1.807) is 18.6 Å². The molecule has 22 heavy (non-hydrogen) atoms. The first-order valence-electron chi connectivity index (χ1n) is 6.73. The number of rotatable bonds is 3. The predicted octanol–water partition coefficient (Wildman–Crippen LogP) is 2.55. The second kappa shape index (κ2) is 5.78. The van der Waals surface area contributed by atoms with Gasteiger partial charge in [-0.25, -0.2) is 9.97 Å². The lowest BCUT2D eigenvalue weighted by atomic mass is 10.3. The number of hydrogen-bond donors (Lipinski definition) is 0. The van der Waals surface area contributed by atoms with Crippen LogP contribution in [0, 0.1) is 0 Å². The summed E-state index contributed by atoms with van der Waals surface area (Å²) in [5, 5.41) is 0. The fourth-order valence-electron chi connectivity index (χ4n) is 2.28. The van der Waals surface area contributed by atoms with Crippen LogP contribution < -0.4 is 9.64 Å². The van der Waals surface area contributed by atoms with E-state index >= 15 is 0 Å². The van der Waals surface area contributed by atoms with Crippen LogP contribution in [0.5, 0.6) is 5.88 Å². The molecule has 3 heterocycles. The van der Waals surface area contributed by atoms with Crippen molar-refractivity contribution in [3.05, 3.63) is 42.5 Å². The predicted molar refractivity (Wildman–Crippen MR) is 72.5 cm³/mol. The molecule has 0 amide bonds. The SMILES string of the molecule is FC(F)(F)c1ccc(OC2CCN(c3cnccn3)C2)nc1. The number of ether oxygens (including phenoxy) is 1. The van der Waals surface area contributed by atoms with E-state index in [0.29, 0.717) is 6.54 Å². The molecule has 0 aromatic carbocycles. The highest BCUT2D eigenvalue weighted by Gasteiger charge is 2.31. The van der Waals surface area contributed by atoms with Crippen molar-refractivity contribution in [3.63, 3.8) is 0 Å². The quantitative estimate of drug-likeness (QED) is 0.872. The van der Waals surface area contributed by atoms with Gasteiger partial charge in [-0.05, 0) is 6.07 Å². The molecule has 1 atom stereocenters. The zero-order valence-corrected chi connectivity index (χ0v) is 11.5. The van der Waals surface area contributed by atoms with Gasteiger partial charge in [0.25, 0.3) is 0 Å². The zero-order valence-electron chi connectivity index (χ0n) is 11.5. The third kappa shape index (κ3) is 3.26. The molecule has 0 radical (unpaired) electrons. The van der Waals surface area contributed by atoms with Gasteiger partial charge in [0.1, 0.15) is 11.9 Å². The third-order valence-electron chi connectivity index (χ3n) is 3.37. The van der Waals surface area contributed by atoms with Gasteiger partial charge in [0.15, 0.2) is 0 Å². The van der Waals surface area contributed by atoms with Crippen LogP contribution in [0.3, 0.4) is 0 Å². The van der Waals surface area contributed by atoms with Gasteiger partial charge in [-0.15, -0.1) is 0 Å². The maximum atomic E-state index is 12.5. The Kier molecular flexibility index (Phi) is 3.82. The standard InChI is InChI=1S/C14H13F3N4O/c15-14(16,17)10-1-2-13(20-7-10)22-11-3-6-21(9-11)12-8-18-4-5-19-12/h1-2,4-5,7-8,11H,3,6,9H2. The Morgan fingerprint density at radius 1 is 1.14 bits per heavy atom. The van der Waals surface area contributed by atoms with Crippen LogP contribution in [0.2, 0.25) is 0 Å². The zero-order chi connectivity index (χ0) is 15.6. The third-order valence-corrected chi connectivity index (χ3v) is 3.37. The summed E-state index contributed by atoms with van der Waals surface area (Å²) in [6.45, 7) is 1.35. The second-order valence-corrected chi connectivity index (χ2v) is 4.92. The first kappa shape index (κ1) is 14.6. The molecular formula is C14H13F3N4O. The minimum atomic E-state index is -4.39. The minimum absolute atomic E-state index is 0.133. The Hall–Kier alpha value is -2.38. The van der Waals surface area contributed by atoms with Crippen molar-refractivity contribution >= 4 is 5.82 Å². The number of pyridine rings is 1. The molecule has 1 aliphatic rings. The molecular weight excluding hydrogens is 297 g/mol. The Bertz CT molecular complexity index is 618. The van der Waals surface area contributed by atoms with E-state index in [9.17, 15) is 13.2 Å². The smallest absolute Gasteiger partial charge is 0.417 e. The van der Waals surface area contributed by atoms with Crippen LogP contribution in [-0.4, -0.2) is 34.1 Å². The van der Waals surface area contributed by atoms with Gasteiger partial charge >= 0.3 is 6.18 Å². The molecule has 2 aromatic heterocycles. The number of halogens is 3. The van der Waals surface area contributed by atoms with Gasteiger partial charge in [-0.3, -0.25) is 4.98 Å². The minimum Gasteiger partial charge on any atom is -0.472 e. The first-order chi connectivity index (χ1) is 10.5. The fraction of sp³-hybridized carbons (Fsp3) is 0.357. The summed E-state index contributed by atoms with van der Waals surface area (Å²) >= 11 is 0. The van der Waals surface area contributed by atoms with Gasteiger partial charge in [-0.1, -0.05) is 0 Å². The molecule has 0 bridgehead atoms. The highest BCUT2D eigenvalue weighted by atomic mass is 19.4. The number of nitrogens with zero attached hydrogens (tertiary/aromatic N) is 4. The average Bonchev–Trinajstić information content (AvgIpc) is 2.96. The molecule has 0 spiro atoms.